The third-order valence-electron chi connectivity index (χ3n) is 5.20. The molecule has 2 heterocycles. The van der Waals surface area contributed by atoms with Gasteiger partial charge in [0.2, 0.25) is 5.91 Å². The van der Waals surface area contributed by atoms with Gasteiger partial charge >= 0.3 is 5.97 Å². The number of piperazine rings is 1. The summed E-state index contributed by atoms with van der Waals surface area (Å²) in [7, 11) is 0. The van der Waals surface area contributed by atoms with Gasteiger partial charge in [-0.15, -0.1) is 0 Å². The molecule has 2 aliphatic rings. The maximum Gasteiger partial charge on any atom is 0.355 e. The molecular formula is C20H29N5O3. The first-order valence-electron chi connectivity index (χ1n) is 9.79. The summed E-state index contributed by atoms with van der Waals surface area (Å²) in [4.78, 5) is 28.6. The van der Waals surface area contributed by atoms with Crippen LogP contribution in [0.3, 0.4) is 0 Å². The van der Waals surface area contributed by atoms with Crippen molar-refractivity contribution in [3.63, 3.8) is 0 Å². The summed E-state index contributed by atoms with van der Waals surface area (Å²) < 4.78 is 4.83. The van der Waals surface area contributed by atoms with E-state index in [-0.39, 0.29) is 24.3 Å². The number of carbonyl (C=O) groups is 2. The zero-order chi connectivity index (χ0) is 20.1. The van der Waals surface area contributed by atoms with Crippen LogP contribution >= 0.6 is 0 Å². The second-order valence-electron chi connectivity index (χ2n) is 7.18. The van der Waals surface area contributed by atoms with Gasteiger partial charge in [0.25, 0.3) is 0 Å². The van der Waals surface area contributed by atoms with Crippen molar-refractivity contribution in [1.29, 1.82) is 0 Å². The highest BCUT2D eigenvalue weighted by atomic mass is 16.5. The Bertz CT molecular complexity index is 734. The van der Waals surface area contributed by atoms with E-state index in [0.29, 0.717) is 6.54 Å². The summed E-state index contributed by atoms with van der Waals surface area (Å²) in [5, 5.41) is 1.34. The van der Waals surface area contributed by atoms with E-state index in [1.807, 2.05) is 29.2 Å². The van der Waals surface area contributed by atoms with Gasteiger partial charge < -0.3 is 20.4 Å². The SMILES string of the molecule is CCOC(=O)/C(N)=C/N(N)Cc1ccc(N2CCN3CCCCC3C2=O)cc1. The molecular weight excluding hydrogens is 358 g/mol. The second-order valence-corrected chi connectivity index (χ2v) is 7.18. The third kappa shape index (κ3) is 4.63. The Labute approximate surface area is 165 Å². The molecule has 152 valence electrons. The fraction of sp³-hybridized carbons (Fsp3) is 0.500. The number of hydrogen-bond acceptors (Lipinski definition) is 7. The number of fused-ring (bicyclic) bond motifs is 1. The van der Waals surface area contributed by atoms with Gasteiger partial charge in [-0.1, -0.05) is 18.6 Å². The Balaban J connectivity index is 1.61. The van der Waals surface area contributed by atoms with Crippen LogP contribution in [0.15, 0.2) is 36.2 Å². The van der Waals surface area contributed by atoms with Crippen LogP contribution in [0.1, 0.15) is 31.7 Å². The van der Waals surface area contributed by atoms with Crippen molar-refractivity contribution < 1.29 is 14.3 Å². The minimum atomic E-state index is -0.589. The first-order chi connectivity index (χ1) is 13.5. The highest BCUT2D eigenvalue weighted by Gasteiger charge is 2.36. The number of rotatable bonds is 6. The molecule has 0 saturated carbocycles. The van der Waals surface area contributed by atoms with Crippen LogP contribution in [-0.4, -0.2) is 54.1 Å². The van der Waals surface area contributed by atoms with Crippen molar-refractivity contribution >= 4 is 17.6 Å². The van der Waals surface area contributed by atoms with Gasteiger partial charge in [-0.3, -0.25) is 9.69 Å². The summed E-state index contributed by atoms with van der Waals surface area (Å²) in [6.07, 6.45) is 4.61. The quantitative estimate of drug-likeness (QED) is 0.324. The Morgan fingerprint density at radius 2 is 2.00 bits per heavy atom. The van der Waals surface area contributed by atoms with E-state index < -0.39 is 5.97 Å². The van der Waals surface area contributed by atoms with Crippen molar-refractivity contribution in [3.8, 4) is 0 Å². The smallest absolute Gasteiger partial charge is 0.355 e. The summed E-state index contributed by atoms with van der Waals surface area (Å²) in [5.74, 6) is 5.53. The predicted octanol–water partition coefficient (Wildman–Crippen LogP) is 0.927. The lowest BCUT2D eigenvalue weighted by atomic mass is 9.98. The van der Waals surface area contributed by atoms with E-state index in [4.69, 9.17) is 16.3 Å². The molecule has 8 heteroatoms. The van der Waals surface area contributed by atoms with Gasteiger partial charge in [-0.05, 0) is 44.0 Å². The third-order valence-corrected chi connectivity index (χ3v) is 5.20. The zero-order valence-corrected chi connectivity index (χ0v) is 16.3. The molecule has 2 saturated heterocycles. The molecule has 8 nitrogen and oxygen atoms in total. The van der Waals surface area contributed by atoms with Crippen molar-refractivity contribution in [2.24, 2.45) is 11.6 Å². The molecule has 0 spiro atoms. The van der Waals surface area contributed by atoms with E-state index >= 15 is 0 Å². The number of carbonyl (C=O) groups excluding carboxylic acids is 2. The van der Waals surface area contributed by atoms with E-state index in [1.165, 1.54) is 17.6 Å². The molecule has 1 aromatic carbocycles. The van der Waals surface area contributed by atoms with Crippen LogP contribution in [-0.2, 0) is 20.9 Å². The molecule has 0 radical (unpaired) electrons. The van der Waals surface area contributed by atoms with E-state index in [2.05, 4.69) is 4.90 Å². The van der Waals surface area contributed by atoms with Gasteiger partial charge in [0.1, 0.15) is 5.70 Å². The number of nitrogens with zero attached hydrogens (tertiary/aromatic N) is 3. The highest BCUT2D eigenvalue weighted by molar-refractivity contribution is 5.98. The second kappa shape index (κ2) is 9.07. The zero-order valence-electron chi connectivity index (χ0n) is 16.3. The Morgan fingerprint density at radius 1 is 1.25 bits per heavy atom. The summed E-state index contributed by atoms with van der Waals surface area (Å²) >= 11 is 0. The number of ether oxygens (including phenoxy) is 1. The molecule has 1 amide bonds. The molecule has 28 heavy (non-hydrogen) atoms. The fourth-order valence-corrected chi connectivity index (χ4v) is 3.80. The first kappa shape index (κ1) is 20.2. The number of anilines is 1. The Hall–Kier alpha value is -2.58. The maximum atomic E-state index is 12.9. The monoisotopic (exact) mass is 387 g/mol. The van der Waals surface area contributed by atoms with Crippen molar-refractivity contribution in [2.75, 3.05) is 31.1 Å². The van der Waals surface area contributed by atoms with Crippen LogP contribution in [0, 0.1) is 0 Å². The van der Waals surface area contributed by atoms with E-state index in [1.54, 1.807) is 6.92 Å². The largest absolute Gasteiger partial charge is 0.461 e. The average Bonchev–Trinajstić information content (AvgIpc) is 2.69. The number of amides is 1. The van der Waals surface area contributed by atoms with Crippen molar-refractivity contribution in [2.45, 2.75) is 38.8 Å². The molecule has 1 aromatic rings. The molecule has 4 N–H and O–H groups in total. The van der Waals surface area contributed by atoms with Gasteiger partial charge in [0, 0.05) is 25.0 Å². The molecule has 2 aliphatic heterocycles. The number of hydrogen-bond donors (Lipinski definition) is 2. The summed E-state index contributed by atoms with van der Waals surface area (Å²) in [5.41, 5.74) is 7.47. The number of piperidine rings is 1. The molecule has 0 aromatic heterocycles. The average molecular weight is 387 g/mol. The van der Waals surface area contributed by atoms with Gasteiger partial charge in [0.15, 0.2) is 0 Å². The molecule has 3 rings (SSSR count). The fourth-order valence-electron chi connectivity index (χ4n) is 3.80. The minimum Gasteiger partial charge on any atom is -0.461 e. The van der Waals surface area contributed by atoms with Crippen LogP contribution in [0.5, 0.6) is 0 Å². The number of hydrazine groups is 1. The van der Waals surface area contributed by atoms with Crippen LogP contribution in [0.2, 0.25) is 0 Å². The molecule has 0 aliphatic carbocycles. The first-order valence-corrected chi connectivity index (χ1v) is 9.79. The number of benzene rings is 1. The van der Waals surface area contributed by atoms with Crippen LogP contribution in [0.4, 0.5) is 5.69 Å². The normalized spacial score (nSPS) is 20.6. The lowest BCUT2D eigenvalue weighted by Gasteiger charge is -2.43. The Morgan fingerprint density at radius 3 is 2.71 bits per heavy atom. The van der Waals surface area contributed by atoms with E-state index in [9.17, 15) is 9.59 Å². The maximum absolute atomic E-state index is 12.9. The van der Waals surface area contributed by atoms with Gasteiger partial charge in [-0.2, -0.15) is 0 Å². The lowest BCUT2D eigenvalue weighted by Crippen LogP contribution is -2.58. The topological polar surface area (TPSA) is 105 Å². The number of esters is 1. The molecule has 1 unspecified atom stereocenters. The van der Waals surface area contributed by atoms with Crippen molar-refractivity contribution in [3.05, 3.63) is 41.7 Å². The van der Waals surface area contributed by atoms with Crippen LogP contribution < -0.4 is 16.5 Å². The van der Waals surface area contributed by atoms with Crippen molar-refractivity contribution in [1.82, 2.24) is 9.91 Å². The summed E-state index contributed by atoms with van der Waals surface area (Å²) in [6, 6.07) is 7.78. The Kier molecular flexibility index (Phi) is 6.53. The minimum absolute atomic E-state index is 0.0256. The highest BCUT2D eigenvalue weighted by Crippen LogP contribution is 2.26. The lowest BCUT2D eigenvalue weighted by molar-refractivity contribution is -0.138. The molecule has 0 bridgehead atoms. The number of nitrogens with two attached hydrogens (primary N) is 2. The predicted molar refractivity (Wildman–Crippen MR) is 107 cm³/mol. The standard InChI is InChI=1S/C20H29N5O3/c1-2-28-20(27)17(21)14-24(22)13-15-6-8-16(9-7-15)25-12-11-23-10-4-3-5-18(23)19(25)26/h6-9,14,18H,2-5,10-13,21-22H2,1H3/b17-14-. The van der Waals surface area contributed by atoms with E-state index in [0.717, 1.165) is 43.7 Å². The summed E-state index contributed by atoms with van der Waals surface area (Å²) in [6.45, 7) is 5.02. The van der Waals surface area contributed by atoms with Gasteiger partial charge in [0.05, 0.1) is 19.2 Å². The van der Waals surface area contributed by atoms with Crippen LogP contribution in [0.25, 0.3) is 0 Å². The molecule has 2 fully saturated rings. The van der Waals surface area contributed by atoms with Gasteiger partial charge in [-0.25, -0.2) is 10.6 Å². The molecule has 1 atom stereocenters.